The summed E-state index contributed by atoms with van der Waals surface area (Å²) in [5, 5.41) is 3.57. The Labute approximate surface area is 105 Å². The highest BCUT2D eigenvalue weighted by atomic mass is 16.3. The first-order chi connectivity index (χ1) is 7.74. The lowest BCUT2D eigenvalue weighted by molar-refractivity contribution is 0.185. The molecule has 0 aliphatic rings. The van der Waals surface area contributed by atoms with E-state index in [1.165, 1.54) is 5.56 Å². The summed E-state index contributed by atoms with van der Waals surface area (Å²) in [4.78, 5) is 2.24. The molecular formula is C14H26N2O. The molecule has 1 heterocycles. The van der Waals surface area contributed by atoms with Gasteiger partial charge in [-0.15, -0.1) is 0 Å². The lowest BCUT2D eigenvalue weighted by Gasteiger charge is -2.34. The first-order valence-corrected chi connectivity index (χ1v) is 6.22. The van der Waals surface area contributed by atoms with Crippen molar-refractivity contribution in [3.63, 3.8) is 0 Å². The Morgan fingerprint density at radius 1 is 1.35 bits per heavy atom. The van der Waals surface area contributed by atoms with Crippen LogP contribution in [0.2, 0.25) is 0 Å². The van der Waals surface area contributed by atoms with E-state index in [0.29, 0.717) is 6.04 Å². The second kappa shape index (κ2) is 5.23. The van der Waals surface area contributed by atoms with Gasteiger partial charge in [-0.1, -0.05) is 0 Å². The standard InChI is InChI=1S/C14H26N2O/c1-10-8-13(12(3)17-10)11(2)15-9-14(4,5)16(6)7/h8,11,15H,9H2,1-7H3. The second-order valence-corrected chi connectivity index (χ2v) is 5.68. The molecule has 1 atom stereocenters. The molecule has 3 nitrogen and oxygen atoms in total. The van der Waals surface area contributed by atoms with Crippen LogP contribution in [-0.4, -0.2) is 31.1 Å². The van der Waals surface area contributed by atoms with Crippen LogP contribution in [-0.2, 0) is 0 Å². The van der Waals surface area contributed by atoms with Crippen LogP contribution < -0.4 is 5.32 Å². The molecule has 0 saturated carbocycles. The zero-order valence-electron chi connectivity index (χ0n) is 12.2. The lowest BCUT2D eigenvalue weighted by Crippen LogP contribution is -2.47. The number of furan rings is 1. The van der Waals surface area contributed by atoms with E-state index in [4.69, 9.17) is 4.42 Å². The van der Waals surface area contributed by atoms with Gasteiger partial charge < -0.3 is 14.6 Å². The molecule has 1 aromatic heterocycles. The number of rotatable bonds is 5. The number of likely N-dealkylation sites (N-methyl/N-ethyl adjacent to an activating group) is 1. The Morgan fingerprint density at radius 2 is 1.94 bits per heavy atom. The van der Waals surface area contributed by atoms with E-state index in [9.17, 15) is 0 Å². The van der Waals surface area contributed by atoms with Crippen LogP contribution in [0.5, 0.6) is 0 Å². The number of nitrogens with one attached hydrogen (secondary N) is 1. The SMILES string of the molecule is Cc1cc(C(C)NCC(C)(C)N(C)C)c(C)o1. The molecule has 1 unspecified atom stereocenters. The molecule has 0 spiro atoms. The minimum Gasteiger partial charge on any atom is -0.466 e. The van der Waals surface area contributed by atoms with Gasteiger partial charge in [0.05, 0.1) is 0 Å². The zero-order chi connectivity index (χ0) is 13.2. The minimum atomic E-state index is 0.154. The van der Waals surface area contributed by atoms with Crippen molar-refractivity contribution < 1.29 is 4.42 Å². The maximum absolute atomic E-state index is 5.56. The van der Waals surface area contributed by atoms with E-state index in [-0.39, 0.29) is 5.54 Å². The van der Waals surface area contributed by atoms with Crippen molar-refractivity contribution in [1.82, 2.24) is 10.2 Å². The summed E-state index contributed by atoms with van der Waals surface area (Å²) in [5.41, 5.74) is 1.41. The topological polar surface area (TPSA) is 28.4 Å². The van der Waals surface area contributed by atoms with Gasteiger partial charge in [-0.05, 0) is 54.8 Å². The molecular weight excluding hydrogens is 212 g/mol. The number of hydrogen-bond acceptors (Lipinski definition) is 3. The van der Waals surface area contributed by atoms with E-state index >= 15 is 0 Å². The maximum atomic E-state index is 5.56. The maximum Gasteiger partial charge on any atom is 0.105 e. The Bertz CT molecular complexity index is 366. The average Bonchev–Trinajstić information content (AvgIpc) is 2.54. The van der Waals surface area contributed by atoms with E-state index in [1.807, 2.05) is 13.8 Å². The summed E-state index contributed by atoms with van der Waals surface area (Å²) in [6.45, 7) is 11.6. The fraction of sp³-hybridized carbons (Fsp3) is 0.714. The molecule has 0 aliphatic heterocycles. The predicted octanol–water partition coefficient (Wildman–Crippen LogP) is 2.89. The molecule has 0 bridgehead atoms. The van der Waals surface area contributed by atoms with Crippen molar-refractivity contribution in [3.8, 4) is 0 Å². The van der Waals surface area contributed by atoms with Crippen LogP contribution in [0.4, 0.5) is 0 Å². The average molecular weight is 238 g/mol. The van der Waals surface area contributed by atoms with Gasteiger partial charge in [-0.25, -0.2) is 0 Å². The molecule has 1 aromatic rings. The van der Waals surface area contributed by atoms with Crippen LogP contribution in [0.3, 0.4) is 0 Å². The van der Waals surface area contributed by atoms with Crippen molar-refractivity contribution in [2.45, 2.75) is 46.2 Å². The van der Waals surface area contributed by atoms with E-state index in [2.05, 4.69) is 51.1 Å². The van der Waals surface area contributed by atoms with Crippen LogP contribution in [0.15, 0.2) is 10.5 Å². The largest absolute Gasteiger partial charge is 0.466 e. The van der Waals surface area contributed by atoms with Crippen molar-refractivity contribution >= 4 is 0 Å². The predicted molar refractivity (Wildman–Crippen MR) is 72.4 cm³/mol. The Hall–Kier alpha value is -0.800. The Morgan fingerprint density at radius 3 is 2.35 bits per heavy atom. The Kier molecular flexibility index (Phi) is 4.39. The highest BCUT2D eigenvalue weighted by molar-refractivity contribution is 5.23. The molecule has 1 rings (SSSR count). The highest BCUT2D eigenvalue weighted by Crippen LogP contribution is 2.21. The quantitative estimate of drug-likeness (QED) is 0.855. The third kappa shape index (κ3) is 3.58. The summed E-state index contributed by atoms with van der Waals surface area (Å²) in [6, 6.07) is 2.45. The van der Waals surface area contributed by atoms with Gasteiger partial charge in [-0.2, -0.15) is 0 Å². The van der Waals surface area contributed by atoms with Gasteiger partial charge in [0.15, 0.2) is 0 Å². The zero-order valence-corrected chi connectivity index (χ0v) is 12.2. The molecule has 17 heavy (non-hydrogen) atoms. The van der Waals surface area contributed by atoms with Crippen molar-refractivity contribution in [1.29, 1.82) is 0 Å². The summed E-state index contributed by atoms with van der Waals surface area (Å²) in [5.74, 6) is 2.00. The van der Waals surface area contributed by atoms with Crippen LogP contribution in [0, 0.1) is 13.8 Å². The van der Waals surface area contributed by atoms with E-state index < -0.39 is 0 Å². The van der Waals surface area contributed by atoms with Gasteiger partial charge in [-0.3, -0.25) is 0 Å². The summed E-state index contributed by atoms with van der Waals surface area (Å²) >= 11 is 0. The molecule has 0 fully saturated rings. The van der Waals surface area contributed by atoms with E-state index in [1.54, 1.807) is 0 Å². The van der Waals surface area contributed by atoms with Crippen LogP contribution >= 0.6 is 0 Å². The van der Waals surface area contributed by atoms with Gasteiger partial charge in [0.25, 0.3) is 0 Å². The molecule has 0 radical (unpaired) electrons. The third-order valence-corrected chi connectivity index (χ3v) is 3.60. The van der Waals surface area contributed by atoms with Crippen LogP contribution in [0.1, 0.15) is 43.9 Å². The monoisotopic (exact) mass is 238 g/mol. The van der Waals surface area contributed by atoms with Crippen LogP contribution in [0.25, 0.3) is 0 Å². The van der Waals surface area contributed by atoms with Gasteiger partial charge in [0, 0.05) is 23.7 Å². The number of nitrogens with zero attached hydrogens (tertiary/aromatic N) is 1. The smallest absolute Gasteiger partial charge is 0.105 e. The summed E-state index contributed by atoms with van der Waals surface area (Å²) in [7, 11) is 4.22. The fourth-order valence-electron chi connectivity index (χ4n) is 1.75. The first-order valence-electron chi connectivity index (χ1n) is 6.22. The van der Waals surface area contributed by atoms with E-state index in [0.717, 1.165) is 18.1 Å². The summed E-state index contributed by atoms with van der Waals surface area (Å²) in [6.07, 6.45) is 0. The van der Waals surface area contributed by atoms with Crippen molar-refractivity contribution in [2.24, 2.45) is 0 Å². The second-order valence-electron chi connectivity index (χ2n) is 5.68. The Balaban J connectivity index is 2.62. The molecule has 1 N–H and O–H groups in total. The van der Waals surface area contributed by atoms with Crippen molar-refractivity contribution in [3.05, 3.63) is 23.2 Å². The molecule has 0 aromatic carbocycles. The number of aryl methyl sites for hydroxylation is 2. The molecule has 98 valence electrons. The normalized spacial score (nSPS) is 14.4. The molecule has 3 heteroatoms. The first kappa shape index (κ1) is 14.3. The molecule has 0 amide bonds. The third-order valence-electron chi connectivity index (χ3n) is 3.60. The van der Waals surface area contributed by atoms with Crippen molar-refractivity contribution in [2.75, 3.05) is 20.6 Å². The highest BCUT2D eigenvalue weighted by Gasteiger charge is 2.22. The lowest BCUT2D eigenvalue weighted by atomic mass is 10.0. The molecule has 0 aliphatic carbocycles. The molecule has 0 saturated heterocycles. The van der Waals surface area contributed by atoms with Gasteiger partial charge in [0.2, 0.25) is 0 Å². The number of hydrogen-bond donors (Lipinski definition) is 1. The fourth-order valence-corrected chi connectivity index (χ4v) is 1.75. The van der Waals surface area contributed by atoms with Gasteiger partial charge in [0.1, 0.15) is 11.5 Å². The minimum absolute atomic E-state index is 0.154. The summed E-state index contributed by atoms with van der Waals surface area (Å²) < 4.78 is 5.56. The van der Waals surface area contributed by atoms with Gasteiger partial charge >= 0.3 is 0 Å².